The second kappa shape index (κ2) is 8.14. The molecule has 2 aliphatic heterocycles. The number of hydrogen-bond donors (Lipinski definition) is 2. The maximum absolute atomic E-state index is 13.0. The molecule has 9 nitrogen and oxygen atoms in total. The Bertz CT molecular complexity index is 1130. The molecule has 0 saturated carbocycles. The highest BCUT2D eigenvalue weighted by atomic mass is 16.3. The van der Waals surface area contributed by atoms with Gasteiger partial charge in [-0.1, -0.05) is 12.1 Å². The number of nitrogens with one attached hydrogen (secondary N) is 1. The predicted molar refractivity (Wildman–Crippen MR) is 112 cm³/mol. The Balaban J connectivity index is 1.66. The van der Waals surface area contributed by atoms with E-state index in [1.165, 1.54) is 10.9 Å². The van der Waals surface area contributed by atoms with Gasteiger partial charge in [0.1, 0.15) is 11.7 Å². The van der Waals surface area contributed by atoms with Gasteiger partial charge >= 0.3 is 0 Å². The number of rotatable bonds is 4. The summed E-state index contributed by atoms with van der Waals surface area (Å²) in [4.78, 5) is 40.1. The van der Waals surface area contributed by atoms with E-state index in [2.05, 4.69) is 5.32 Å². The van der Waals surface area contributed by atoms with Crippen molar-refractivity contribution < 1.29 is 14.7 Å². The minimum Gasteiger partial charge on any atom is -0.502 e. The van der Waals surface area contributed by atoms with Crippen LogP contribution in [0.15, 0.2) is 35.3 Å². The van der Waals surface area contributed by atoms with E-state index < -0.39 is 23.0 Å². The van der Waals surface area contributed by atoms with Gasteiger partial charge in [0.05, 0.1) is 11.6 Å². The summed E-state index contributed by atoms with van der Waals surface area (Å²) >= 11 is 0. The maximum atomic E-state index is 13.0. The molecule has 0 radical (unpaired) electrons. The largest absolute Gasteiger partial charge is 0.502 e. The number of amides is 2. The molecule has 0 spiro atoms. The van der Waals surface area contributed by atoms with E-state index in [1.54, 1.807) is 29.2 Å². The molecule has 1 aromatic heterocycles. The average molecular weight is 421 g/mol. The average Bonchev–Trinajstić information content (AvgIpc) is 2.80. The minimum absolute atomic E-state index is 0.103. The van der Waals surface area contributed by atoms with Gasteiger partial charge in [-0.3, -0.25) is 24.1 Å². The van der Waals surface area contributed by atoms with E-state index in [9.17, 15) is 19.5 Å². The normalized spacial score (nSPS) is 17.5. The summed E-state index contributed by atoms with van der Waals surface area (Å²) in [5.74, 6) is -1.76. The smallest absolute Gasteiger partial charge is 0.278 e. The van der Waals surface area contributed by atoms with Gasteiger partial charge in [-0.25, -0.2) is 0 Å². The number of aromatic nitrogens is 1. The molecule has 31 heavy (non-hydrogen) atoms. The van der Waals surface area contributed by atoms with Crippen molar-refractivity contribution in [1.82, 2.24) is 14.9 Å². The van der Waals surface area contributed by atoms with E-state index in [4.69, 9.17) is 5.26 Å². The summed E-state index contributed by atoms with van der Waals surface area (Å²) in [7, 11) is 0. The maximum Gasteiger partial charge on any atom is 0.278 e. The Kier molecular flexibility index (Phi) is 5.38. The third-order valence-corrected chi connectivity index (χ3v) is 5.83. The highest BCUT2D eigenvalue weighted by Gasteiger charge is 2.40. The molecule has 3 heterocycles. The number of nitrogens with zero attached hydrogens (tertiary/aromatic N) is 4. The molecule has 0 bridgehead atoms. The molecule has 2 amide bonds. The lowest BCUT2D eigenvalue weighted by Gasteiger charge is -2.48. The Morgan fingerprint density at radius 2 is 2.00 bits per heavy atom. The highest BCUT2D eigenvalue weighted by Crippen LogP contribution is 2.29. The number of piperidine rings is 1. The fourth-order valence-electron chi connectivity index (χ4n) is 4.22. The van der Waals surface area contributed by atoms with Crippen LogP contribution in [0.3, 0.4) is 0 Å². The van der Waals surface area contributed by atoms with Gasteiger partial charge in [0.25, 0.3) is 11.8 Å². The van der Waals surface area contributed by atoms with E-state index in [1.807, 2.05) is 18.0 Å². The molecule has 1 aromatic carbocycles. The predicted octanol–water partition coefficient (Wildman–Crippen LogP) is 1.28. The van der Waals surface area contributed by atoms with Crippen LogP contribution in [0.2, 0.25) is 0 Å². The number of carbonyl (C=O) groups excluding carboxylic acids is 2. The number of nitriles is 1. The lowest BCUT2D eigenvalue weighted by molar-refractivity contribution is 0.0534. The monoisotopic (exact) mass is 421 g/mol. The van der Waals surface area contributed by atoms with Crippen molar-refractivity contribution in [3.05, 3.63) is 63.1 Å². The molecule has 4 rings (SSSR count). The third kappa shape index (κ3) is 3.50. The molecule has 0 unspecified atom stereocenters. The van der Waals surface area contributed by atoms with Crippen molar-refractivity contribution in [1.29, 1.82) is 5.26 Å². The van der Waals surface area contributed by atoms with Crippen molar-refractivity contribution in [2.24, 2.45) is 0 Å². The molecule has 9 heteroatoms. The first-order chi connectivity index (χ1) is 15.0. The quantitative estimate of drug-likeness (QED) is 0.768. The zero-order valence-electron chi connectivity index (χ0n) is 17.2. The molecule has 2 aromatic rings. The number of aromatic hydroxyl groups is 1. The van der Waals surface area contributed by atoms with Gasteiger partial charge in [0.15, 0.2) is 11.4 Å². The van der Waals surface area contributed by atoms with Crippen molar-refractivity contribution in [3.63, 3.8) is 0 Å². The Morgan fingerprint density at radius 3 is 2.68 bits per heavy atom. The van der Waals surface area contributed by atoms with Gasteiger partial charge in [-0.2, -0.15) is 5.26 Å². The molecule has 1 saturated heterocycles. The fourth-order valence-corrected chi connectivity index (χ4v) is 4.22. The highest BCUT2D eigenvalue weighted by molar-refractivity contribution is 5.99. The van der Waals surface area contributed by atoms with E-state index in [0.29, 0.717) is 18.7 Å². The van der Waals surface area contributed by atoms with Crippen molar-refractivity contribution >= 4 is 11.8 Å². The first kappa shape index (κ1) is 20.5. The number of hydrogen-bond acceptors (Lipinski definition) is 6. The first-order valence-corrected chi connectivity index (χ1v) is 10.3. The lowest BCUT2D eigenvalue weighted by atomic mass is 10.1. The molecule has 2 N–H and O–H groups in total. The van der Waals surface area contributed by atoms with Gasteiger partial charge in [-0.05, 0) is 43.9 Å². The molecule has 160 valence electrons. The number of fused-ring (bicyclic) bond motifs is 3. The molecule has 2 aliphatic rings. The third-order valence-electron chi connectivity index (χ3n) is 5.83. The summed E-state index contributed by atoms with van der Waals surface area (Å²) < 4.78 is 1.48. The molecule has 1 fully saturated rings. The standard InChI is InChI=1S/C22H23N5O4/c1-2-25-17-5-3-4-10-26(17)27-13-16(19(28)20(29)18(27)22(25)31)21(30)24-12-15-8-6-14(11-23)7-9-15/h6-9,13,17,29H,2-5,10,12H2,1H3,(H,24,30)/t17-/m0/s1. The fraction of sp³-hybridized carbons (Fsp3) is 0.364. The van der Waals surface area contributed by atoms with Crippen LogP contribution in [-0.2, 0) is 6.54 Å². The van der Waals surface area contributed by atoms with E-state index >= 15 is 0 Å². The summed E-state index contributed by atoms with van der Waals surface area (Å²) in [6.45, 7) is 3.12. The zero-order valence-corrected chi connectivity index (χ0v) is 17.2. The number of benzene rings is 1. The van der Waals surface area contributed by atoms with E-state index in [-0.39, 0.29) is 24.0 Å². The Hall–Kier alpha value is -3.80. The van der Waals surface area contributed by atoms with Crippen LogP contribution in [0, 0.1) is 11.3 Å². The van der Waals surface area contributed by atoms with Gasteiger partial charge < -0.3 is 15.3 Å². The van der Waals surface area contributed by atoms with Crippen LogP contribution in [-0.4, -0.2) is 45.8 Å². The van der Waals surface area contributed by atoms with Crippen LogP contribution in [0.4, 0.5) is 0 Å². The summed E-state index contributed by atoms with van der Waals surface area (Å²) in [6.07, 6.45) is 3.86. The second-order valence-corrected chi connectivity index (χ2v) is 7.64. The Labute approximate surface area is 179 Å². The van der Waals surface area contributed by atoms with Crippen LogP contribution < -0.4 is 15.8 Å². The number of pyridine rings is 1. The minimum atomic E-state index is -0.872. The van der Waals surface area contributed by atoms with Gasteiger partial charge in [0.2, 0.25) is 5.43 Å². The summed E-state index contributed by atoms with van der Waals surface area (Å²) in [5.41, 5.74) is 0.0725. The molecule has 0 aliphatic carbocycles. The SMILES string of the molecule is CCN1C(=O)c2c(O)c(=O)c(C(=O)NCc3ccc(C#N)cc3)cn2N2CCCC[C@@H]12. The molecular formula is C22H23N5O4. The van der Waals surface area contributed by atoms with Crippen molar-refractivity contribution in [2.75, 3.05) is 18.1 Å². The van der Waals surface area contributed by atoms with Gasteiger partial charge in [0, 0.05) is 25.8 Å². The Morgan fingerprint density at radius 1 is 1.26 bits per heavy atom. The summed E-state index contributed by atoms with van der Waals surface area (Å²) in [6, 6.07) is 8.74. The summed E-state index contributed by atoms with van der Waals surface area (Å²) in [5, 5.41) is 24.0. The first-order valence-electron chi connectivity index (χ1n) is 10.3. The van der Waals surface area contributed by atoms with Crippen molar-refractivity contribution in [3.8, 4) is 11.8 Å². The van der Waals surface area contributed by atoms with Crippen LogP contribution in [0.5, 0.6) is 5.75 Å². The van der Waals surface area contributed by atoms with Crippen LogP contribution in [0.25, 0.3) is 0 Å². The second-order valence-electron chi connectivity index (χ2n) is 7.64. The van der Waals surface area contributed by atoms with Crippen LogP contribution in [0.1, 0.15) is 58.2 Å². The molecule has 1 atom stereocenters. The van der Waals surface area contributed by atoms with Crippen molar-refractivity contribution in [2.45, 2.75) is 38.9 Å². The van der Waals surface area contributed by atoms with Crippen LogP contribution >= 0.6 is 0 Å². The topological polar surface area (TPSA) is 119 Å². The lowest BCUT2D eigenvalue weighted by Crippen LogP contribution is -2.63. The van der Waals surface area contributed by atoms with Gasteiger partial charge in [-0.15, -0.1) is 0 Å². The zero-order chi connectivity index (χ0) is 22.1. The number of carbonyl (C=O) groups is 2. The van der Waals surface area contributed by atoms with E-state index in [0.717, 1.165) is 24.8 Å². The molecular weight excluding hydrogens is 398 g/mol.